The Kier molecular flexibility index (Phi) is 6.19. The first-order valence-corrected chi connectivity index (χ1v) is 12.8. The third-order valence-electron chi connectivity index (χ3n) is 6.09. The molecule has 188 valence electrons. The molecule has 0 radical (unpaired) electrons. The maximum absolute atomic E-state index is 13.2. The molecule has 0 saturated carbocycles. The first-order valence-electron chi connectivity index (χ1n) is 12.0. The van der Waals surface area contributed by atoms with Gasteiger partial charge in [-0.3, -0.25) is 4.79 Å². The fourth-order valence-electron chi connectivity index (χ4n) is 4.12. The maximum Gasteiger partial charge on any atom is 0.291 e. The van der Waals surface area contributed by atoms with Crippen molar-refractivity contribution in [3.63, 3.8) is 0 Å². The van der Waals surface area contributed by atoms with Gasteiger partial charge < -0.3 is 9.47 Å². The zero-order valence-corrected chi connectivity index (χ0v) is 21.6. The molecule has 9 heteroatoms. The Bertz CT molecular complexity index is 1840. The van der Waals surface area contributed by atoms with Crippen LogP contribution in [0.4, 0.5) is 0 Å². The number of hydrogen-bond donors (Lipinski definition) is 0. The molecular weight excluding hydrogens is 498 g/mol. The predicted molar refractivity (Wildman–Crippen MR) is 147 cm³/mol. The van der Waals surface area contributed by atoms with Crippen LogP contribution in [-0.2, 0) is 6.61 Å². The number of aryl methyl sites for hydroxylation is 1. The smallest absolute Gasteiger partial charge is 0.291 e. The van der Waals surface area contributed by atoms with Gasteiger partial charge in [-0.25, -0.2) is 4.68 Å². The summed E-state index contributed by atoms with van der Waals surface area (Å²) >= 11 is 1.29. The van der Waals surface area contributed by atoms with Gasteiger partial charge in [-0.05, 0) is 61.0 Å². The lowest BCUT2D eigenvalue weighted by molar-refractivity contribution is 0.294. The summed E-state index contributed by atoms with van der Waals surface area (Å²) in [5.74, 6) is 1.99. The molecule has 3 heterocycles. The van der Waals surface area contributed by atoms with E-state index in [4.69, 9.17) is 14.6 Å². The zero-order chi connectivity index (χ0) is 26.1. The normalized spacial score (nSPS) is 11.8. The van der Waals surface area contributed by atoms with Crippen molar-refractivity contribution >= 4 is 22.4 Å². The number of nitrogens with zero attached hydrogens (tertiary/aromatic N) is 5. The SMILES string of the molecule is COc1ccc(-c2nn(-c3ccccc3)cc2/C=c2/sc3nc(COc4ccccc4C)nn3c2=O)cc1. The summed E-state index contributed by atoms with van der Waals surface area (Å²) in [5.41, 5.74) is 4.19. The van der Waals surface area contributed by atoms with Crippen LogP contribution < -0.4 is 19.6 Å². The van der Waals surface area contributed by atoms with Crippen LogP contribution in [0.15, 0.2) is 89.9 Å². The molecule has 3 aromatic carbocycles. The highest BCUT2D eigenvalue weighted by Crippen LogP contribution is 2.26. The van der Waals surface area contributed by atoms with Crippen LogP contribution in [0.3, 0.4) is 0 Å². The molecule has 0 aliphatic rings. The van der Waals surface area contributed by atoms with E-state index < -0.39 is 0 Å². The summed E-state index contributed by atoms with van der Waals surface area (Å²) in [6, 6.07) is 25.3. The minimum Gasteiger partial charge on any atom is -0.497 e. The van der Waals surface area contributed by atoms with Crippen molar-refractivity contribution in [1.82, 2.24) is 24.4 Å². The molecule has 0 saturated heterocycles. The summed E-state index contributed by atoms with van der Waals surface area (Å²) < 4.78 is 14.8. The Balaban J connectivity index is 1.37. The highest BCUT2D eigenvalue weighted by Gasteiger charge is 2.15. The quantitative estimate of drug-likeness (QED) is 0.309. The second-order valence-corrected chi connectivity index (χ2v) is 9.64. The van der Waals surface area contributed by atoms with Crippen molar-refractivity contribution in [3.8, 4) is 28.4 Å². The summed E-state index contributed by atoms with van der Waals surface area (Å²) in [5, 5.41) is 9.24. The molecule has 0 N–H and O–H groups in total. The van der Waals surface area contributed by atoms with Crippen LogP contribution in [0.1, 0.15) is 17.0 Å². The van der Waals surface area contributed by atoms with Gasteiger partial charge in [-0.15, -0.1) is 5.10 Å². The van der Waals surface area contributed by atoms with Gasteiger partial charge in [-0.1, -0.05) is 47.7 Å². The second kappa shape index (κ2) is 9.95. The second-order valence-electron chi connectivity index (χ2n) is 8.63. The van der Waals surface area contributed by atoms with Crippen LogP contribution in [0.2, 0.25) is 0 Å². The molecule has 0 bridgehead atoms. The lowest BCUT2D eigenvalue weighted by Crippen LogP contribution is -2.24. The van der Waals surface area contributed by atoms with E-state index in [1.54, 1.807) is 7.11 Å². The minimum absolute atomic E-state index is 0.184. The predicted octanol–water partition coefficient (Wildman–Crippen LogP) is 4.45. The fraction of sp³-hybridized carbons (Fsp3) is 0.103. The first-order chi connectivity index (χ1) is 18.6. The number of para-hydroxylation sites is 2. The number of rotatable bonds is 7. The number of benzene rings is 3. The van der Waals surface area contributed by atoms with E-state index in [0.717, 1.165) is 39.6 Å². The van der Waals surface area contributed by atoms with Gasteiger partial charge in [0.2, 0.25) is 4.96 Å². The molecule has 8 nitrogen and oxygen atoms in total. The highest BCUT2D eigenvalue weighted by atomic mass is 32.1. The third kappa shape index (κ3) is 4.55. The lowest BCUT2D eigenvalue weighted by Gasteiger charge is -2.05. The van der Waals surface area contributed by atoms with Crippen LogP contribution >= 0.6 is 11.3 Å². The van der Waals surface area contributed by atoms with E-state index in [9.17, 15) is 4.79 Å². The van der Waals surface area contributed by atoms with E-state index in [2.05, 4.69) is 10.1 Å². The topological polar surface area (TPSA) is 83.5 Å². The van der Waals surface area contributed by atoms with Gasteiger partial charge >= 0.3 is 0 Å². The van der Waals surface area contributed by atoms with E-state index >= 15 is 0 Å². The van der Waals surface area contributed by atoms with Crippen molar-refractivity contribution < 1.29 is 9.47 Å². The van der Waals surface area contributed by atoms with E-state index in [1.165, 1.54) is 15.9 Å². The largest absolute Gasteiger partial charge is 0.497 e. The lowest BCUT2D eigenvalue weighted by atomic mass is 10.1. The van der Waals surface area contributed by atoms with Gasteiger partial charge in [0.1, 0.15) is 23.8 Å². The van der Waals surface area contributed by atoms with Crippen molar-refractivity contribution in [2.45, 2.75) is 13.5 Å². The van der Waals surface area contributed by atoms with Crippen LogP contribution in [0.25, 0.3) is 28.0 Å². The Morgan fingerprint density at radius 3 is 2.45 bits per heavy atom. The van der Waals surface area contributed by atoms with Crippen molar-refractivity contribution in [3.05, 3.63) is 117 Å². The Morgan fingerprint density at radius 1 is 0.947 bits per heavy atom. The zero-order valence-electron chi connectivity index (χ0n) is 20.7. The molecule has 0 atom stereocenters. The Labute approximate surface area is 222 Å². The molecule has 6 aromatic rings. The maximum atomic E-state index is 13.2. The van der Waals surface area contributed by atoms with Crippen LogP contribution in [-0.4, -0.2) is 31.5 Å². The van der Waals surface area contributed by atoms with Gasteiger partial charge in [0.25, 0.3) is 5.56 Å². The molecule has 0 amide bonds. The number of aromatic nitrogens is 5. The van der Waals surface area contributed by atoms with Gasteiger partial charge in [0.05, 0.1) is 17.3 Å². The Hall–Kier alpha value is -4.76. The highest BCUT2D eigenvalue weighted by molar-refractivity contribution is 7.15. The van der Waals surface area contributed by atoms with E-state index in [1.807, 2.05) is 103 Å². The standard InChI is InChI=1S/C29H23N5O3S/c1-19-8-6-7-11-24(19)37-18-26-30-29-34(31-26)28(35)25(38-29)16-21-17-33(22-9-4-3-5-10-22)32-27(21)20-12-14-23(36-2)15-13-20/h3-17H,18H2,1-2H3/b25-16+. The number of ether oxygens (including phenoxy) is 2. The third-order valence-corrected chi connectivity index (χ3v) is 7.05. The summed E-state index contributed by atoms with van der Waals surface area (Å²) in [7, 11) is 1.63. The average Bonchev–Trinajstić information content (AvgIpc) is 3.63. The molecule has 0 unspecified atom stereocenters. The molecule has 0 spiro atoms. The van der Waals surface area contributed by atoms with E-state index in [0.29, 0.717) is 15.3 Å². The summed E-state index contributed by atoms with van der Waals surface area (Å²) in [4.78, 5) is 18.3. The summed E-state index contributed by atoms with van der Waals surface area (Å²) in [6.45, 7) is 2.16. The average molecular weight is 522 g/mol. The molecule has 0 aliphatic carbocycles. The van der Waals surface area contributed by atoms with Crippen molar-refractivity contribution in [1.29, 1.82) is 0 Å². The molecule has 0 aliphatic heterocycles. The van der Waals surface area contributed by atoms with E-state index in [-0.39, 0.29) is 12.2 Å². The molecule has 6 rings (SSSR count). The van der Waals surface area contributed by atoms with Crippen molar-refractivity contribution in [2.75, 3.05) is 7.11 Å². The number of thiazole rings is 1. The monoisotopic (exact) mass is 521 g/mol. The number of fused-ring (bicyclic) bond motifs is 1. The van der Waals surface area contributed by atoms with Crippen LogP contribution in [0.5, 0.6) is 11.5 Å². The number of hydrogen-bond acceptors (Lipinski definition) is 7. The van der Waals surface area contributed by atoms with Gasteiger partial charge in [0.15, 0.2) is 5.82 Å². The molecular formula is C29H23N5O3S. The Morgan fingerprint density at radius 2 is 1.71 bits per heavy atom. The van der Waals surface area contributed by atoms with Gasteiger partial charge in [0, 0.05) is 17.3 Å². The first kappa shape index (κ1) is 23.6. The van der Waals surface area contributed by atoms with Crippen molar-refractivity contribution in [2.24, 2.45) is 0 Å². The van der Waals surface area contributed by atoms with Gasteiger partial charge in [-0.2, -0.15) is 14.6 Å². The molecule has 3 aromatic heterocycles. The minimum atomic E-state index is -0.229. The summed E-state index contributed by atoms with van der Waals surface area (Å²) in [6.07, 6.45) is 3.77. The fourth-order valence-corrected chi connectivity index (χ4v) is 5.03. The van der Waals surface area contributed by atoms with Crippen LogP contribution in [0, 0.1) is 6.92 Å². The molecule has 0 fully saturated rings. The number of methoxy groups -OCH3 is 1. The molecule has 38 heavy (non-hydrogen) atoms.